The maximum Gasteiger partial charge on any atom is 0.251 e. The predicted octanol–water partition coefficient (Wildman–Crippen LogP) is 2.12. The molecule has 0 aliphatic carbocycles. The lowest BCUT2D eigenvalue weighted by Crippen LogP contribution is -2.37. The molecule has 0 fully saturated rings. The van der Waals surface area contributed by atoms with E-state index < -0.39 is 0 Å². The van der Waals surface area contributed by atoms with Crippen LogP contribution in [0.15, 0.2) is 48.4 Å². The van der Waals surface area contributed by atoms with Crippen LogP contribution in [0.25, 0.3) is 5.69 Å². The summed E-state index contributed by atoms with van der Waals surface area (Å²) in [6.07, 6.45) is 4.38. The van der Waals surface area contributed by atoms with Crippen molar-refractivity contribution in [2.24, 2.45) is 0 Å². The number of amides is 1. The summed E-state index contributed by atoms with van der Waals surface area (Å²) in [5, 5.41) is 12.7. The largest absolute Gasteiger partial charge is 0.351 e. The van der Waals surface area contributed by atoms with Crippen LogP contribution in [0.4, 0.5) is 0 Å². The van der Waals surface area contributed by atoms with E-state index in [1.54, 1.807) is 17.2 Å². The van der Waals surface area contributed by atoms with E-state index in [1.165, 1.54) is 10.4 Å². The zero-order chi connectivity index (χ0) is 17.1. The van der Waals surface area contributed by atoms with Crippen LogP contribution in [-0.4, -0.2) is 45.2 Å². The van der Waals surface area contributed by atoms with Crippen molar-refractivity contribution >= 4 is 17.2 Å². The van der Waals surface area contributed by atoms with Crippen LogP contribution < -0.4 is 5.32 Å². The minimum absolute atomic E-state index is 0.0384. The maximum absolute atomic E-state index is 12.3. The molecule has 4 rings (SSSR count). The molecule has 2 aromatic heterocycles. The van der Waals surface area contributed by atoms with Gasteiger partial charge in [0.15, 0.2) is 0 Å². The lowest BCUT2D eigenvalue weighted by Gasteiger charge is -2.26. The second kappa shape index (κ2) is 7.16. The highest BCUT2D eigenvalue weighted by Gasteiger charge is 2.16. The van der Waals surface area contributed by atoms with E-state index in [0.717, 1.165) is 31.7 Å². The quantitative estimate of drug-likeness (QED) is 0.763. The van der Waals surface area contributed by atoms with E-state index in [1.807, 2.05) is 35.6 Å². The van der Waals surface area contributed by atoms with Crippen LogP contribution in [0.5, 0.6) is 0 Å². The smallest absolute Gasteiger partial charge is 0.251 e. The Labute approximate surface area is 150 Å². The number of hydrogen-bond donors (Lipinski definition) is 1. The molecule has 6 nitrogen and oxygen atoms in total. The molecule has 1 aliphatic rings. The Hall–Kier alpha value is -2.51. The van der Waals surface area contributed by atoms with Gasteiger partial charge < -0.3 is 5.32 Å². The molecule has 0 unspecified atom stereocenters. The Bertz CT molecular complexity index is 841. The number of nitrogens with one attached hydrogen (secondary N) is 1. The van der Waals surface area contributed by atoms with Crippen LogP contribution in [0, 0.1) is 0 Å². The molecule has 3 heterocycles. The molecular formula is C18H19N5OS. The van der Waals surface area contributed by atoms with Crippen LogP contribution >= 0.6 is 11.3 Å². The van der Waals surface area contributed by atoms with E-state index in [-0.39, 0.29) is 5.91 Å². The molecule has 0 atom stereocenters. The number of fused-ring (bicyclic) bond motifs is 1. The molecule has 0 bridgehead atoms. The van der Waals surface area contributed by atoms with E-state index in [9.17, 15) is 4.79 Å². The van der Waals surface area contributed by atoms with Gasteiger partial charge in [-0.15, -0.1) is 21.5 Å². The van der Waals surface area contributed by atoms with Crippen molar-refractivity contribution in [3.63, 3.8) is 0 Å². The number of aromatic nitrogens is 3. The molecule has 0 saturated carbocycles. The summed E-state index contributed by atoms with van der Waals surface area (Å²) in [6, 6.07) is 9.64. The summed E-state index contributed by atoms with van der Waals surface area (Å²) in [6.45, 7) is 3.59. The highest BCUT2D eigenvalue weighted by Crippen LogP contribution is 2.23. The molecule has 0 spiro atoms. The van der Waals surface area contributed by atoms with E-state index >= 15 is 0 Å². The van der Waals surface area contributed by atoms with Gasteiger partial charge in [-0.25, -0.2) is 0 Å². The average Bonchev–Trinajstić information content (AvgIpc) is 3.33. The molecule has 1 aromatic carbocycles. The molecule has 3 aromatic rings. The Morgan fingerprint density at radius 3 is 2.76 bits per heavy atom. The van der Waals surface area contributed by atoms with Crippen LogP contribution in [-0.2, 0) is 13.0 Å². The first-order valence-corrected chi connectivity index (χ1v) is 9.18. The van der Waals surface area contributed by atoms with E-state index in [2.05, 4.69) is 31.9 Å². The highest BCUT2D eigenvalue weighted by molar-refractivity contribution is 7.10. The SMILES string of the molecule is O=C(NCCN1CCc2sccc2C1)c1ccc(-n2cnnc2)cc1. The summed E-state index contributed by atoms with van der Waals surface area (Å²) in [5.74, 6) is -0.0384. The van der Waals surface area contributed by atoms with Gasteiger partial charge >= 0.3 is 0 Å². The van der Waals surface area contributed by atoms with Gasteiger partial charge in [0.1, 0.15) is 12.7 Å². The average molecular weight is 353 g/mol. The third-order valence-corrected chi connectivity index (χ3v) is 5.47. The fourth-order valence-corrected chi connectivity index (χ4v) is 3.94. The molecule has 7 heteroatoms. The number of hydrogen-bond acceptors (Lipinski definition) is 5. The van der Waals surface area contributed by atoms with Crippen molar-refractivity contribution in [2.75, 3.05) is 19.6 Å². The second-order valence-corrected chi connectivity index (χ2v) is 7.07. The topological polar surface area (TPSA) is 63.1 Å². The first-order chi connectivity index (χ1) is 12.3. The van der Waals surface area contributed by atoms with Crippen molar-refractivity contribution in [3.8, 4) is 5.69 Å². The van der Waals surface area contributed by atoms with Crippen molar-refractivity contribution in [2.45, 2.75) is 13.0 Å². The van der Waals surface area contributed by atoms with Crippen LogP contribution in [0.1, 0.15) is 20.8 Å². The first-order valence-electron chi connectivity index (χ1n) is 8.30. The maximum atomic E-state index is 12.3. The van der Waals surface area contributed by atoms with Gasteiger partial charge in [-0.2, -0.15) is 0 Å². The third kappa shape index (κ3) is 3.62. The first kappa shape index (κ1) is 16.0. The van der Waals surface area contributed by atoms with Crippen molar-refractivity contribution in [1.29, 1.82) is 0 Å². The predicted molar refractivity (Wildman–Crippen MR) is 97.0 cm³/mol. The Kier molecular flexibility index (Phi) is 4.58. The van der Waals surface area contributed by atoms with Gasteiger partial charge in [0.05, 0.1) is 0 Å². The standard InChI is InChI=1S/C18H19N5OS/c24-18(14-1-3-16(4-2-14)23-12-20-21-13-23)19-7-9-22-8-5-17-15(11-22)6-10-25-17/h1-4,6,10,12-13H,5,7-9,11H2,(H,19,24). The molecule has 1 N–H and O–H groups in total. The van der Waals surface area contributed by atoms with Crippen LogP contribution in [0.2, 0.25) is 0 Å². The summed E-state index contributed by atoms with van der Waals surface area (Å²) in [5.41, 5.74) is 3.03. The van der Waals surface area contributed by atoms with Crippen molar-refractivity contribution in [3.05, 3.63) is 64.4 Å². The second-order valence-electron chi connectivity index (χ2n) is 6.07. The number of thiophene rings is 1. The van der Waals surface area contributed by atoms with Crippen molar-refractivity contribution < 1.29 is 4.79 Å². The number of carbonyl (C=O) groups excluding carboxylic acids is 1. The normalized spacial score (nSPS) is 14.2. The molecule has 25 heavy (non-hydrogen) atoms. The molecule has 1 aliphatic heterocycles. The van der Waals surface area contributed by atoms with Crippen LogP contribution in [0.3, 0.4) is 0 Å². The Morgan fingerprint density at radius 2 is 1.96 bits per heavy atom. The van der Waals surface area contributed by atoms with E-state index in [4.69, 9.17) is 0 Å². The van der Waals surface area contributed by atoms with Gasteiger partial charge in [0.2, 0.25) is 0 Å². The molecule has 0 radical (unpaired) electrons. The molecule has 1 amide bonds. The fourth-order valence-electron chi connectivity index (χ4n) is 3.05. The van der Waals surface area contributed by atoms with Crippen molar-refractivity contribution in [1.82, 2.24) is 25.0 Å². The zero-order valence-corrected chi connectivity index (χ0v) is 14.6. The molecule has 128 valence electrons. The molecule has 0 saturated heterocycles. The third-order valence-electron chi connectivity index (χ3n) is 4.45. The number of benzene rings is 1. The zero-order valence-electron chi connectivity index (χ0n) is 13.8. The lowest BCUT2D eigenvalue weighted by atomic mass is 10.1. The van der Waals surface area contributed by atoms with Gasteiger partial charge in [0.25, 0.3) is 5.91 Å². The number of carbonyl (C=O) groups is 1. The van der Waals surface area contributed by atoms with Gasteiger partial charge in [-0.05, 0) is 47.7 Å². The Balaban J connectivity index is 1.28. The molecular weight excluding hydrogens is 334 g/mol. The lowest BCUT2D eigenvalue weighted by molar-refractivity contribution is 0.0947. The Morgan fingerprint density at radius 1 is 1.16 bits per heavy atom. The summed E-state index contributed by atoms with van der Waals surface area (Å²) in [7, 11) is 0. The van der Waals surface area contributed by atoms with Gasteiger partial charge in [-0.1, -0.05) is 0 Å². The fraction of sp³-hybridized carbons (Fsp3) is 0.278. The minimum atomic E-state index is -0.0384. The highest BCUT2D eigenvalue weighted by atomic mass is 32.1. The monoisotopic (exact) mass is 353 g/mol. The van der Waals surface area contributed by atoms with Gasteiger partial charge in [0, 0.05) is 42.3 Å². The number of rotatable bonds is 5. The van der Waals surface area contributed by atoms with Gasteiger partial charge in [-0.3, -0.25) is 14.3 Å². The number of nitrogens with zero attached hydrogens (tertiary/aromatic N) is 4. The summed E-state index contributed by atoms with van der Waals surface area (Å²) < 4.78 is 1.80. The summed E-state index contributed by atoms with van der Waals surface area (Å²) in [4.78, 5) is 16.2. The van der Waals surface area contributed by atoms with E-state index in [0.29, 0.717) is 12.1 Å². The minimum Gasteiger partial charge on any atom is -0.351 e. The summed E-state index contributed by atoms with van der Waals surface area (Å²) >= 11 is 1.85.